The molecule has 0 spiro atoms. The first-order chi connectivity index (χ1) is 7.66. The molecule has 1 aromatic heterocycles. The van der Waals surface area contributed by atoms with Crippen molar-refractivity contribution < 1.29 is 0 Å². The first-order valence-electron chi connectivity index (χ1n) is 5.62. The molecule has 0 N–H and O–H groups in total. The highest BCUT2D eigenvalue weighted by atomic mass is 15.3. The first kappa shape index (κ1) is 10.9. The molecular formula is C14H17N2. The SMILES string of the molecule is [CH2]c1cc(-c2ccccc2)n(CC(C)C)n1. The van der Waals surface area contributed by atoms with Gasteiger partial charge in [-0.05, 0) is 24.5 Å². The van der Waals surface area contributed by atoms with Crippen molar-refractivity contribution in [2.75, 3.05) is 0 Å². The minimum Gasteiger partial charge on any atom is -0.264 e. The quantitative estimate of drug-likeness (QED) is 0.764. The summed E-state index contributed by atoms with van der Waals surface area (Å²) in [4.78, 5) is 0. The molecule has 0 bridgehead atoms. The molecule has 1 radical (unpaired) electrons. The number of aromatic nitrogens is 2. The Kier molecular flexibility index (Phi) is 3.09. The Morgan fingerprint density at radius 3 is 2.56 bits per heavy atom. The van der Waals surface area contributed by atoms with Crippen molar-refractivity contribution in [3.05, 3.63) is 49.0 Å². The molecule has 83 valence electrons. The van der Waals surface area contributed by atoms with Crippen LogP contribution in [0.1, 0.15) is 19.5 Å². The number of hydrogen-bond acceptors (Lipinski definition) is 1. The Bertz CT molecular complexity index is 455. The second-order valence-corrected chi connectivity index (χ2v) is 4.46. The maximum absolute atomic E-state index is 4.43. The number of hydrogen-bond donors (Lipinski definition) is 0. The fourth-order valence-electron chi connectivity index (χ4n) is 1.80. The van der Waals surface area contributed by atoms with Crippen LogP contribution in [0.5, 0.6) is 0 Å². The van der Waals surface area contributed by atoms with Crippen LogP contribution in [0.2, 0.25) is 0 Å². The summed E-state index contributed by atoms with van der Waals surface area (Å²) in [6.45, 7) is 9.22. The molecule has 2 heteroatoms. The van der Waals surface area contributed by atoms with Crippen molar-refractivity contribution in [2.45, 2.75) is 20.4 Å². The number of nitrogens with zero attached hydrogens (tertiary/aromatic N) is 2. The van der Waals surface area contributed by atoms with E-state index in [1.54, 1.807) is 0 Å². The molecule has 16 heavy (non-hydrogen) atoms. The van der Waals surface area contributed by atoms with E-state index < -0.39 is 0 Å². The predicted octanol–water partition coefficient (Wildman–Crippen LogP) is 3.39. The summed E-state index contributed by atoms with van der Waals surface area (Å²) in [6.07, 6.45) is 0. The summed E-state index contributed by atoms with van der Waals surface area (Å²) in [6, 6.07) is 12.4. The van der Waals surface area contributed by atoms with E-state index in [1.165, 1.54) is 5.56 Å². The van der Waals surface area contributed by atoms with Gasteiger partial charge in [-0.15, -0.1) is 0 Å². The maximum atomic E-state index is 4.43. The van der Waals surface area contributed by atoms with Gasteiger partial charge in [0.25, 0.3) is 0 Å². The lowest BCUT2D eigenvalue weighted by molar-refractivity contribution is 0.486. The third-order valence-corrected chi connectivity index (χ3v) is 2.44. The lowest BCUT2D eigenvalue weighted by atomic mass is 10.1. The minimum absolute atomic E-state index is 0.585. The second-order valence-electron chi connectivity index (χ2n) is 4.46. The van der Waals surface area contributed by atoms with Crippen molar-refractivity contribution in [3.8, 4) is 11.3 Å². The Balaban J connectivity index is 2.40. The molecule has 0 unspecified atom stereocenters. The summed E-state index contributed by atoms with van der Waals surface area (Å²) < 4.78 is 2.04. The van der Waals surface area contributed by atoms with E-state index in [2.05, 4.69) is 38.0 Å². The zero-order valence-electron chi connectivity index (χ0n) is 9.85. The van der Waals surface area contributed by atoms with Gasteiger partial charge in [0.1, 0.15) is 0 Å². The van der Waals surface area contributed by atoms with Crippen molar-refractivity contribution in [3.63, 3.8) is 0 Å². The van der Waals surface area contributed by atoms with Crippen LogP contribution in [0.4, 0.5) is 0 Å². The summed E-state index contributed by atoms with van der Waals surface area (Å²) >= 11 is 0. The summed E-state index contributed by atoms with van der Waals surface area (Å²) in [5.41, 5.74) is 3.18. The lowest BCUT2D eigenvalue weighted by Crippen LogP contribution is -2.07. The van der Waals surface area contributed by atoms with E-state index in [-0.39, 0.29) is 0 Å². The van der Waals surface area contributed by atoms with Crippen LogP contribution in [-0.2, 0) is 6.54 Å². The molecule has 1 aromatic carbocycles. The van der Waals surface area contributed by atoms with E-state index in [4.69, 9.17) is 0 Å². The molecule has 0 saturated heterocycles. The van der Waals surface area contributed by atoms with Gasteiger partial charge in [0.2, 0.25) is 0 Å². The maximum Gasteiger partial charge on any atom is 0.0685 e. The van der Waals surface area contributed by atoms with Gasteiger partial charge < -0.3 is 0 Å². The molecule has 0 amide bonds. The van der Waals surface area contributed by atoms with Crippen LogP contribution in [0.3, 0.4) is 0 Å². The van der Waals surface area contributed by atoms with Crippen LogP contribution in [0, 0.1) is 12.8 Å². The molecule has 0 aliphatic heterocycles. The van der Waals surface area contributed by atoms with Crippen LogP contribution in [0.15, 0.2) is 36.4 Å². The minimum atomic E-state index is 0.585. The van der Waals surface area contributed by atoms with Gasteiger partial charge in [-0.25, -0.2) is 0 Å². The van der Waals surface area contributed by atoms with Crippen LogP contribution in [0.25, 0.3) is 11.3 Å². The standard InChI is InChI=1S/C14H17N2/c1-11(2)10-16-14(9-12(3)15-16)13-7-5-4-6-8-13/h4-9,11H,3,10H2,1-2H3. The van der Waals surface area contributed by atoms with Gasteiger partial charge >= 0.3 is 0 Å². The monoisotopic (exact) mass is 213 g/mol. The van der Waals surface area contributed by atoms with E-state index in [9.17, 15) is 0 Å². The molecule has 0 aliphatic rings. The molecule has 2 aromatic rings. The fourth-order valence-corrected chi connectivity index (χ4v) is 1.80. The number of rotatable bonds is 3. The molecule has 0 aliphatic carbocycles. The Labute approximate surface area is 96.9 Å². The fraction of sp³-hybridized carbons (Fsp3) is 0.286. The van der Waals surface area contributed by atoms with Crippen LogP contribution in [-0.4, -0.2) is 9.78 Å². The highest BCUT2D eigenvalue weighted by Gasteiger charge is 2.08. The van der Waals surface area contributed by atoms with Gasteiger partial charge in [0.15, 0.2) is 0 Å². The Hall–Kier alpha value is -1.57. The Morgan fingerprint density at radius 2 is 1.94 bits per heavy atom. The summed E-state index contributed by atoms with van der Waals surface area (Å²) in [5.74, 6) is 0.585. The molecule has 0 fully saturated rings. The third kappa shape index (κ3) is 2.32. The smallest absolute Gasteiger partial charge is 0.0685 e. The van der Waals surface area contributed by atoms with Crippen LogP contribution < -0.4 is 0 Å². The average Bonchev–Trinajstić information content (AvgIpc) is 2.60. The molecule has 0 saturated carbocycles. The topological polar surface area (TPSA) is 17.8 Å². The summed E-state index contributed by atoms with van der Waals surface area (Å²) in [7, 11) is 0. The molecule has 1 heterocycles. The number of benzene rings is 1. The second kappa shape index (κ2) is 4.52. The predicted molar refractivity (Wildman–Crippen MR) is 67.0 cm³/mol. The highest BCUT2D eigenvalue weighted by molar-refractivity contribution is 5.60. The van der Waals surface area contributed by atoms with Gasteiger partial charge in [-0.3, -0.25) is 4.68 Å². The van der Waals surface area contributed by atoms with Crippen molar-refractivity contribution >= 4 is 0 Å². The Morgan fingerprint density at radius 1 is 1.25 bits per heavy atom. The lowest BCUT2D eigenvalue weighted by Gasteiger charge is -2.09. The normalized spacial score (nSPS) is 11.0. The average molecular weight is 213 g/mol. The van der Waals surface area contributed by atoms with E-state index in [1.807, 2.05) is 28.9 Å². The van der Waals surface area contributed by atoms with Gasteiger partial charge in [0.05, 0.1) is 11.4 Å². The van der Waals surface area contributed by atoms with E-state index in [0.717, 1.165) is 17.9 Å². The highest BCUT2D eigenvalue weighted by Crippen LogP contribution is 2.20. The van der Waals surface area contributed by atoms with Gasteiger partial charge in [-0.1, -0.05) is 44.2 Å². The zero-order valence-corrected chi connectivity index (χ0v) is 9.85. The molecular weight excluding hydrogens is 196 g/mol. The summed E-state index contributed by atoms with van der Waals surface area (Å²) in [5, 5.41) is 4.43. The third-order valence-electron chi connectivity index (χ3n) is 2.44. The van der Waals surface area contributed by atoms with Crippen LogP contribution >= 0.6 is 0 Å². The van der Waals surface area contributed by atoms with Crippen molar-refractivity contribution in [1.82, 2.24) is 9.78 Å². The van der Waals surface area contributed by atoms with Crippen molar-refractivity contribution in [1.29, 1.82) is 0 Å². The zero-order chi connectivity index (χ0) is 11.5. The largest absolute Gasteiger partial charge is 0.264 e. The van der Waals surface area contributed by atoms with Crippen molar-refractivity contribution in [2.24, 2.45) is 5.92 Å². The van der Waals surface area contributed by atoms with E-state index >= 15 is 0 Å². The molecule has 2 nitrogen and oxygen atoms in total. The molecule has 0 atom stereocenters. The van der Waals surface area contributed by atoms with Gasteiger partial charge in [-0.2, -0.15) is 5.10 Å². The molecule has 2 rings (SSSR count). The first-order valence-corrected chi connectivity index (χ1v) is 5.62. The van der Waals surface area contributed by atoms with E-state index in [0.29, 0.717) is 5.92 Å². The van der Waals surface area contributed by atoms with Gasteiger partial charge in [0, 0.05) is 6.54 Å².